The molecule has 0 fully saturated rings. The van der Waals surface area contributed by atoms with Crippen LogP contribution in [0.15, 0.2) is 21.6 Å². The molecule has 18 heavy (non-hydrogen) atoms. The lowest BCUT2D eigenvalue weighted by Crippen LogP contribution is -2.32. The molecule has 1 aromatic heterocycles. The van der Waals surface area contributed by atoms with E-state index >= 15 is 0 Å². The smallest absolute Gasteiger partial charge is 0.371 e. The van der Waals surface area contributed by atoms with Crippen molar-refractivity contribution in [2.45, 2.75) is 44.2 Å². The normalized spacial score (nSPS) is 13.4. The Balaban J connectivity index is 2.76. The Labute approximate surface area is 106 Å². The lowest BCUT2D eigenvalue weighted by molar-refractivity contribution is 0.0656. The fourth-order valence-electron chi connectivity index (χ4n) is 1.47. The number of rotatable bonds is 7. The van der Waals surface area contributed by atoms with E-state index < -0.39 is 21.8 Å². The van der Waals surface area contributed by atoms with Gasteiger partial charge in [0, 0.05) is 6.04 Å². The van der Waals surface area contributed by atoms with E-state index in [2.05, 4.69) is 4.72 Å². The van der Waals surface area contributed by atoms with E-state index in [4.69, 9.17) is 9.52 Å². The van der Waals surface area contributed by atoms with Gasteiger partial charge in [-0.05, 0) is 25.5 Å². The molecule has 0 saturated carbocycles. The van der Waals surface area contributed by atoms with Crippen molar-refractivity contribution in [2.75, 3.05) is 0 Å². The minimum atomic E-state index is -3.78. The van der Waals surface area contributed by atoms with E-state index in [-0.39, 0.29) is 11.1 Å². The van der Waals surface area contributed by atoms with Gasteiger partial charge in [-0.3, -0.25) is 0 Å². The van der Waals surface area contributed by atoms with Gasteiger partial charge in [0.15, 0.2) is 0 Å². The Morgan fingerprint density at radius 1 is 1.50 bits per heavy atom. The third kappa shape index (κ3) is 3.85. The highest BCUT2D eigenvalue weighted by Crippen LogP contribution is 2.15. The van der Waals surface area contributed by atoms with Gasteiger partial charge in [-0.2, -0.15) is 0 Å². The molecular weight excluding hydrogens is 258 g/mol. The molecule has 0 aromatic carbocycles. The SMILES string of the molecule is CCCCC(C)NS(=O)(=O)c1ccc(C(=O)O)o1. The zero-order chi connectivity index (χ0) is 13.8. The number of nitrogens with one attached hydrogen (secondary N) is 1. The number of furan rings is 1. The van der Waals surface area contributed by atoms with Crippen LogP contribution in [0.3, 0.4) is 0 Å². The van der Waals surface area contributed by atoms with Crippen LogP contribution in [0.1, 0.15) is 43.7 Å². The number of carbonyl (C=O) groups is 1. The number of aromatic carboxylic acids is 1. The average Bonchev–Trinajstić information content (AvgIpc) is 2.75. The second-order valence-electron chi connectivity index (χ2n) is 4.09. The molecule has 0 amide bonds. The van der Waals surface area contributed by atoms with E-state index in [1.807, 2.05) is 6.92 Å². The first kappa shape index (κ1) is 14.7. The number of unbranched alkanes of at least 4 members (excludes halogenated alkanes) is 1. The predicted molar refractivity (Wildman–Crippen MR) is 65.0 cm³/mol. The van der Waals surface area contributed by atoms with E-state index in [0.717, 1.165) is 31.4 Å². The molecule has 1 heterocycles. The number of carboxylic acid groups (broad SMARTS) is 1. The molecule has 1 aromatic rings. The van der Waals surface area contributed by atoms with Crippen molar-refractivity contribution in [2.24, 2.45) is 0 Å². The van der Waals surface area contributed by atoms with Crippen LogP contribution in [0, 0.1) is 0 Å². The summed E-state index contributed by atoms with van der Waals surface area (Å²) in [6, 6.07) is 2.04. The van der Waals surface area contributed by atoms with Crippen LogP contribution in [0.25, 0.3) is 0 Å². The van der Waals surface area contributed by atoms with Crippen LogP contribution >= 0.6 is 0 Å². The standard InChI is InChI=1S/C11H17NO5S/c1-3-4-5-8(2)12-18(15,16)10-7-6-9(17-10)11(13)14/h6-8,12H,3-5H2,1-2H3,(H,13,14). The van der Waals surface area contributed by atoms with Gasteiger partial charge in [-0.25, -0.2) is 17.9 Å². The minimum absolute atomic E-state index is 0.215. The second-order valence-corrected chi connectivity index (χ2v) is 5.73. The van der Waals surface area contributed by atoms with Gasteiger partial charge in [-0.15, -0.1) is 0 Å². The fraction of sp³-hybridized carbons (Fsp3) is 0.545. The topological polar surface area (TPSA) is 96.6 Å². The molecule has 7 heteroatoms. The van der Waals surface area contributed by atoms with Crippen molar-refractivity contribution in [3.8, 4) is 0 Å². The van der Waals surface area contributed by atoms with Gasteiger partial charge in [0.2, 0.25) is 10.9 Å². The zero-order valence-electron chi connectivity index (χ0n) is 10.3. The number of hydrogen-bond donors (Lipinski definition) is 2. The minimum Gasteiger partial charge on any atom is -0.475 e. The summed E-state index contributed by atoms with van der Waals surface area (Å²) in [5.41, 5.74) is 0. The maximum atomic E-state index is 11.8. The summed E-state index contributed by atoms with van der Waals surface area (Å²) in [5, 5.41) is 8.28. The largest absolute Gasteiger partial charge is 0.475 e. The van der Waals surface area contributed by atoms with E-state index in [0.29, 0.717) is 0 Å². The van der Waals surface area contributed by atoms with Gasteiger partial charge in [0.25, 0.3) is 10.0 Å². The molecule has 0 aliphatic heterocycles. The lowest BCUT2D eigenvalue weighted by atomic mass is 10.2. The summed E-state index contributed by atoms with van der Waals surface area (Å²) in [7, 11) is -3.78. The highest BCUT2D eigenvalue weighted by Gasteiger charge is 2.22. The average molecular weight is 275 g/mol. The van der Waals surface area contributed by atoms with Gasteiger partial charge >= 0.3 is 5.97 Å². The molecule has 102 valence electrons. The molecular formula is C11H17NO5S. The Kier molecular flexibility index (Phi) is 4.92. The van der Waals surface area contributed by atoms with Crippen LogP contribution in [0.5, 0.6) is 0 Å². The van der Waals surface area contributed by atoms with Crippen LogP contribution in [-0.2, 0) is 10.0 Å². The predicted octanol–water partition coefficient (Wildman–Crippen LogP) is 1.83. The van der Waals surface area contributed by atoms with Crippen molar-refractivity contribution in [1.82, 2.24) is 4.72 Å². The molecule has 0 aliphatic carbocycles. The van der Waals surface area contributed by atoms with Gasteiger partial charge in [-0.1, -0.05) is 19.8 Å². The van der Waals surface area contributed by atoms with E-state index in [1.165, 1.54) is 0 Å². The number of carboxylic acids is 1. The highest BCUT2D eigenvalue weighted by molar-refractivity contribution is 7.89. The highest BCUT2D eigenvalue weighted by atomic mass is 32.2. The number of sulfonamides is 1. The van der Waals surface area contributed by atoms with Crippen molar-refractivity contribution in [3.63, 3.8) is 0 Å². The monoisotopic (exact) mass is 275 g/mol. The summed E-state index contributed by atoms with van der Waals surface area (Å²) >= 11 is 0. The van der Waals surface area contributed by atoms with Crippen LogP contribution < -0.4 is 4.72 Å². The first-order chi connectivity index (χ1) is 8.36. The summed E-state index contributed by atoms with van der Waals surface area (Å²) in [6.45, 7) is 3.78. The molecule has 1 rings (SSSR count). The third-order valence-corrected chi connectivity index (χ3v) is 3.87. The summed E-state index contributed by atoms with van der Waals surface area (Å²) in [5.74, 6) is -1.69. The Hall–Kier alpha value is -1.34. The number of hydrogen-bond acceptors (Lipinski definition) is 4. The molecule has 0 bridgehead atoms. The van der Waals surface area contributed by atoms with Crippen molar-refractivity contribution in [3.05, 3.63) is 17.9 Å². The van der Waals surface area contributed by atoms with E-state index in [1.54, 1.807) is 6.92 Å². The Morgan fingerprint density at radius 3 is 2.67 bits per heavy atom. The summed E-state index contributed by atoms with van der Waals surface area (Å²) in [4.78, 5) is 10.6. The molecule has 0 radical (unpaired) electrons. The van der Waals surface area contributed by atoms with Gasteiger partial charge in [0.1, 0.15) is 0 Å². The van der Waals surface area contributed by atoms with Crippen molar-refractivity contribution >= 4 is 16.0 Å². The van der Waals surface area contributed by atoms with Gasteiger partial charge in [0.05, 0.1) is 0 Å². The first-order valence-electron chi connectivity index (χ1n) is 5.72. The zero-order valence-corrected chi connectivity index (χ0v) is 11.2. The van der Waals surface area contributed by atoms with Crippen molar-refractivity contribution < 1.29 is 22.7 Å². The van der Waals surface area contributed by atoms with Crippen LogP contribution in [-0.4, -0.2) is 25.5 Å². The summed E-state index contributed by atoms with van der Waals surface area (Å²) < 4.78 is 30.9. The molecule has 0 saturated heterocycles. The molecule has 0 spiro atoms. The summed E-state index contributed by atoms with van der Waals surface area (Å²) in [6.07, 6.45) is 2.63. The Morgan fingerprint density at radius 2 is 2.17 bits per heavy atom. The third-order valence-electron chi connectivity index (χ3n) is 2.40. The van der Waals surface area contributed by atoms with Crippen LogP contribution in [0.4, 0.5) is 0 Å². The quantitative estimate of drug-likeness (QED) is 0.791. The molecule has 1 atom stereocenters. The maximum Gasteiger partial charge on any atom is 0.371 e. The molecule has 6 nitrogen and oxygen atoms in total. The van der Waals surface area contributed by atoms with E-state index in [9.17, 15) is 13.2 Å². The van der Waals surface area contributed by atoms with Gasteiger partial charge < -0.3 is 9.52 Å². The fourth-order valence-corrected chi connectivity index (χ4v) is 2.68. The van der Waals surface area contributed by atoms with Crippen LogP contribution in [0.2, 0.25) is 0 Å². The Bertz CT molecular complexity index is 505. The second kappa shape index (κ2) is 6.01. The molecule has 0 aliphatic rings. The first-order valence-corrected chi connectivity index (χ1v) is 7.20. The maximum absolute atomic E-state index is 11.8. The molecule has 2 N–H and O–H groups in total. The molecule has 1 unspecified atom stereocenters. The lowest BCUT2D eigenvalue weighted by Gasteiger charge is -2.11. The van der Waals surface area contributed by atoms with Crippen molar-refractivity contribution in [1.29, 1.82) is 0 Å².